The van der Waals surface area contributed by atoms with Crippen LogP contribution in [0.1, 0.15) is 53.5 Å². The van der Waals surface area contributed by atoms with Crippen molar-refractivity contribution in [3.05, 3.63) is 22.8 Å². The summed E-state index contributed by atoms with van der Waals surface area (Å²) in [5.41, 5.74) is 0.179. The van der Waals surface area contributed by atoms with E-state index >= 15 is 0 Å². The van der Waals surface area contributed by atoms with Gasteiger partial charge in [0.1, 0.15) is 5.60 Å². The molecule has 0 spiro atoms. The first-order valence-electron chi connectivity index (χ1n) is 9.89. The first-order valence-corrected chi connectivity index (χ1v) is 11.7. The van der Waals surface area contributed by atoms with Gasteiger partial charge in [-0.3, -0.25) is 19.7 Å². The lowest BCUT2D eigenvalue weighted by atomic mass is 10.0. The number of ether oxygens (including phenoxy) is 2. The summed E-state index contributed by atoms with van der Waals surface area (Å²) in [7, 11) is 0. The van der Waals surface area contributed by atoms with Crippen LogP contribution < -0.4 is 5.32 Å². The zero-order valence-corrected chi connectivity index (χ0v) is 21.7. The highest BCUT2D eigenvalue weighted by Crippen LogP contribution is 2.23. The maximum atomic E-state index is 12.1. The van der Waals surface area contributed by atoms with E-state index in [1.165, 1.54) is 13.8 Å². The van der Waals surface area contributed by atoms with Crippen LogP contribution in [0, 0.1) is 5.92 Å². The molecule has 1 aromatic heterocycles. The number of aromatic nitrogens is 1. The molecule has 1 unspecified atom stereocenters. The van der Waals surface area contributed by atoms with Gasteiger partial charge < -0.3 is 9.47 Å². The monoisotopic (exact) mass is 506 g/mol. The van der Waals surface area contributed by atoms with Gasteiger partial charge in [-0.25, -0.2) is 9.78 Å². The number of nitrogens with zero attached hydrogens (tertiary/aromatic N) is 1. The average molecular weight is 507 g/mol. The molecule has 32 heavy (non-hydrogen) atoms. The SMILES string of the molecule is CC(=O)S.CCOC(=O)C(CCc1cnc(NC(=O)OC(C)(C)C)c(Cl)c1)CSC(C)=O. The van der Waals surface area contributed by atoms with E-state index in [1.807, 2.05) is 0 Å². The molecule has 1 aromatic rings. The van der Waals surface area contributed by atoms with Crippen molar-refractivity contribution in [1.82, 2.24) is 4.98 Å². The van der Waals surface area contributed by atoms with Crippen LogP contribution in [0.3, 0.4) is 0 Å². The Hall–Kier alpha value is -1.78. The summed E-state index contributed by atoms with van der Waals surface area (Å²) in [6, 6.07) is 1.68. The number of carbonyl (C=O) groups is 4. The number of aryl methyl sites for hydroxylation is 1. The minimum Gasteiger partial charge on any atom is -0.466 e. The van der Waals surface area contributed by atoms with Crippen LogP contribution in [0.15, 0.2) is 12.3 Å². The second-order valence-electron chi connectivity index (χ2n) is 7.61. The zero-order chi connectivity index (χ0) is 24.9. The first kappa shape index (κ1) is 30.2. The second kappa shape index (κ2) is 15.1. The van der Waals surface area contributed by atoms with Crippen LogP contribution in [-0.4, -0.2) is 45.2 Å². The summed E-state index contributed by atoms with van der Waals surface area (Å²) in [5, 5.41) is 2.60. The van der Waals surface area contributed by atoms with E-state index in [2.05, 4.69) is 22.9 Å². The molecule has 8 nitrogen and oxygen atoms in total. The van der Waals surface area contributed by atoms with Crippen molar-refractivity contribution in [2.45, 2.75) is 60.0 Å². The Morgan fingerprint density at radius 3 is 2.31 bits per heavy atom. The Bertz CT molecular complexity index is 795. The highest BCUT2D eigenvalue weighted by atomic mass is 35.5. The number of amides is 1. The normalized spacial score (nSPS) is 11.5. The van der Waals surface area contributed by atoms with Crippen LogP contribution in [0.2, 0.25) is 5.02 Å². The van der Waals surface area contributed by atoms with E-state index in [0.717, 1.165) is 17.3 Å². The van der Waals surface area contributed by atoms with Crippen molar-refractivity contribution >= 4 is 64.1 Å². The van der Waals surface area contributed by atoms with Crippen molar-refractivity contribution in [3.63, 3.8) is 0 Å². The number of pyridine rings is 1. The van der Waals surface area contributed by atoms with Crippen LogP contribution in [0.25, 0.3) is 0 Å². The molecule has 11 heteroatoms. The number of hydrogen-bond acceptors (Lipinski definition) is 8. The van der Waals surface area contributed by atoms with E-state index in [0.29, 0.717) is 25.2 Å². The Morgan fingerprint density at radius 1 is 1.25 bits per heavy atom. The zero-order valence-electron chi connectivity index (χ0n) is 19.2. The largest absolute Gasteiger partial charge is 0.466 e. The van der Waals surface area contributed by atoms with Crippen LogP contribution >= 0.6 is 36.0 Å². The number of esters is 1. The Labute approximate surface area is 204 Å². The predicted molar refractivity (Wildman–Crippen MR) is 130 cm³/mol. The van der Waals surface area contributed by atoms with Gasteiger partial charge in [0.05, 0.1) is 17.5 Å². The Kier molecular flexibility index (Phi) is 14.3. The fourth-order valence-corrected chi connectivity index (χ4v) is 3.17. The number of rotatable bonds is 8. The molecule has 0 saturated heterocycles. The molecular formula is C21H31ClN2O6S2. The number of halogens is 1. The lowest BCUT2D eigenvalue weighted by Crippen LogP contribution is -2.27. The molecule has 1 atom stereocenters. The molecule has 0 aliphatic heterocycles. The Morgan fingerprint density at radius 2 is 1.84 bits per heavy atom. The summed E-state index contributed by atoms with van der Waals surface area (Å²) >= 11 is 10.6. The van der Waals surface area contributed by atoms with Crippen molar-refractivity contribution < 1.29 is 28.7 Å². The number of nitrogens with one attached hydrogen (secondary N) is 1. The van der Waals surface area contributed by atoms with Crippen molar-refractivity contribution in [3.8, 4) is 0 Å². The van der Waals surface area contributed by atoms with Gasteiger partial charge in [0.2, 0.25) is 0 Å². The third kappa shape index (κ3) is 15.1. The molecule has 1 heterocycles. The summed E-state index contributed by atoms with van der Waals surface area (Å²) in [5.74, 6) is -0.146. The molecule has 0 aliphatic carbocycles. The first-order chi connectivity index (χ1) is 14.7. The summed E-state index contributed by atoms with van der Waals surface area (Å²) in [6.07, 6.45) is 1.97. The smallest absolute Gasteiger partial charge is 0.413 e. The van der Waals surface area contributed by atoms with Gasteiger partial charge in [-0.2, -0.15) is 0 Å². The number of hydrogen-bond donors (Lipinski definition) is 2. The maximum Gasteiger partial charge on any atom is 0.413 e. The maximum absolute atomic E-state index is 12.1. The van der Waals surface area contributed by atoms with Gasteiger partial charge in [0.25, 0.3) is 0 Å². The topological polar surface area (TPSA) is 112 Å². The molecule has 1 amide bonds. The molecule has 0 bridgehead atoms. The van der Waals surface area contributed by atoms with Gasteiger partial charge in [-0.1, -0.05) is 23.4 Å². The third-order valence-electron chi connectivity index (χ3n) is 3.41. The summed E-state index contributed by atoms with van der Waals surface area (Å²) < 4.78 is 10.3. The van der Waals surface area contributed by atoms with E-state index in [9.17, 15) is 19.2 Å². The average Bonchev–Trinajstić information content (AvgIpc) is 2.61. The predicted octanol–water partition coefficient (Wildman–Crippen LogP) is 4.94. The second-order valence-corrected chi connectivity index (χ2v) is 9.84. The quantitative estimate of drug-likeness (QED) is 0.377. The van der Waals surface area contributed by atoms with Gasteiger partial charge >= 0.3 is 12.1 Å². The van der Waals surface area contributed by atoms with Crippen molar-refractivity contribution in [2.24, 2.45) is 5.92 Å². The molecule has 180 valence electrons. The minimum absolute atomic E-state index is 0.0448. The van der Waals surface area contributed by atoms with Crippen LogP contribution in [0.5, 0.6) is 0 Å². The molecule has 1 N–H and O–H groups in total. The van der Waals surface area contributed by atoms with E-state index < -0.39 is 17.6 Å². The number of anilines is 1. The molecule has 0 fully saturated rings. The fourth-order valence-electron chi connectivity index (χ4n) is 2.19. The number of thioether (sulfide) groups is 1. The molecule has 0 radical (unpaired) electrons. The molecule has 0 aromatic carbocycles. The van der Waals surface area contributed by atoms with Gasteiger partial charge in [0.15, 0.2) is 16.0 Å². The van der Waals surface area contributed by atoms with Crippen LogP contribution in [-0.2, 0) is 30.3 Å². The highest BCUT2D eigenvalue weighted by molar-refractivity contribution is 8.13. The van der Waals surface area contributed by atoms with E-state index in [4.69, 9.17) is 21.1 Å². The van der Waals surface area contributed by atoms with Gasteiger partial charge in [-0.05, 0) is 52.2 Å². The standard InChI is InChI=1S/C19H27ClN2O5S.C2H4OS/c1-6-26-17(24)14(11-28-12(2)23)8-7-13-9-15(20)16(21-10-13)22-18(25)27-19(3,4)5;1-2(3)4/h9-10,14H,6-8,11H2,1-5H3,(H,21,22,25);1H3,(H,3,4). The molecular weight excluding hydrogens is 476 g/mol. The molecule has 0 saturated carbocycles. The molecule has 0 aliphatic rings. The lowest BCUT2D eigenvalue weighted by Gasteiger charge is -2.19. The van der Waals surface area contributed by atoms with Gasteiger partial charge in [0, 0.05) is 25.8 Å². The number of carbonyl (C=O) groups excluding carboxylic acids is 4. The third-order valence-corrected chi connectivity index (χ3v) is 4.67. The number of thiol groups is 1. The summed E-state index contributed by atoms with van der Waals surface area (Å²) in [6.45, 7) is 10.2. The highest BCUT2D eigenvalue weighted by Gasteiger charge is 2.21. The van der Waals surface area contributed by atoms with Crippen LogP contribution in [0.4, 0.5) is 10.6 Å². The Balaban J connectivity index is 0.00000220. The summed E-state index contributed by atoms with van der Waals surface area (Å²) in [4.78, 5) is 48.6. The van der Waals surface area contributed by atoms with Crippen molar-refractivity contribution in [2.75, 3.05) is 17.7 Å². The lowest BCUT2D eigenvalue weighted by molar-refractivity contribution is -0.147. The minimum atomic E-state index is -0.640. The van der Waals surface area contributed by atoms with E-state index in [-0.39, 0.29) is 27.0 Å². The van der Waals surface area contributed by atoms with Crippen molar-refractivity contribution in [1.29, 1.82) is 0 Å². The molecule has 1 rings (SSSR count). The van der Waals surface area contributed by atoms with Gasteiger partial charge in [-0.15, -0.1) is 12.6 Å². The van der Waals surface area contributed by atoms with E-state index in [1.54, 1.807) is 40.0 Å². The fraction of sp³-hybridized carbons (Fsp3) is 0.571.